The number of fused-ring (bicyclic) bond motifs is 2. The van der Waals surface area contributed by atoms with Gasteiger partial charge in [0.1, 0.15) is 11.2 Å². The summed E-state index contributed by atoms with van der Waals surface area (Å²) < 4.78 is 87.5. The van der Waals surface area contributed by atoms with Gasteiger partial charge in [0.2, 0.25) is 6.10 Å². The third-order valence-electron chi connectivity index (χ3n) is 19.7. The van der Waals surface area contributed by atoms with Crippen molar-refractivity contribution in [3.8, 4) is 0 Å². The Morgan fingerprint density at radius 2 is 1.41 bits per heavy atom. The summed E-state index contributed by atoms with van der Waals surface area (Å²) in [4.78, 5) is 72.8. The third kappa shape index (κ3) is 9.50. The fourth-order valence-electron chi connectivity index (χ4n) is 17.1. The molecule has 0 aromatic rings. The number of carbonyl (C=O) groups excluding carboxylic acids is 5. The summed E-state index contributed by atoms with van der Waals surface area (Å²) in [6, 6.07) is 0. The average molecular weight is 995 g/mol. The van der Waals surface area contributed by atoms with E-state index < -0.39 is 103 Å². The topological polar surface area (TPSA) is 195 Å². The maximum absolute atomic E-state index is 15.4. The summed E-state index contributed by atoms with van der Waals surface area (Å²) in [6.45, 7) is 8.42. The minimum absolute atomic E-state index is 0.0364. The van der Waals surface area contributed by atoms with Crippen LogP contribution in [0.1, 0.15) is 164 Å². The van der Waals surface area contributed by atoms with Gasteiger partial charge in [0, 0.05) is 12.8 Å². The Hall–Kier alpha value is -2.92. The Balaban J connectivity index is 1.07. The van der Waals surface area contributed by atoms with Crippen LogP contribution in [0.15, 0.2) is 0 Å². The molecule has 388 valence electrons. The van der Waals surface area contributed by atoms with Crippen LogP contribution in [0, 0.1) is 81.3 Å². The van der Waals surface area contributed by atoms with E-state index in [2.05, 4.69) is 18.0 Å². The molecule has 17 heteroatoms. The SMILES string of the molecule is COS(=O)(=O)C(F)(F)COC(=O)C(C)(C)CC(C)(CC(C)(CC(CC1C2CCC(C2)C1C)C(=O)OC1(C)C2CC3CC(C2)CC1C3)C(=O)OC1CCOC1=O)C(=O)OC12CC3CC(CC(O)(C3)C1)C2. The lowest BCUT2D eigenvalue weighted by atomic mass is 9.50. The van der Waals surface area contributed by atoms with Crippen molar-refractivity contribution >= 4 is 40.0 Å². The van der Waals surface area contributed by atoms with Gasteiger partial charge in [0.05, 0.1) is 41.5 Å². The molecule has 11 rings (SSSR count). The number of rotatable bonds is 19. The predicted octanol–water partition coefficient (Wildman–Crippen LogP) is 8.24. The molecule has 1 aliphatic heterocycles. The van der Waals surface area contributed by atoms with Crippen molar-refractivity contribution in [3.05, 3.63) is 0 Å². The lowest BCUT2D eigenvalue weighted by molar-refractivity contribution is -0.228. The van der Waals surface area contributed by atoms with Crippen molar-refractivity contribution in [2.45, 2.75) is 192 Å². The van der Waals surface area contributed by atoms with Gasteiger partial charge in [0.15, 0.2) is 6.61 Å². The molecule has 10 saturated carbocycles. The van der Waals surface area contributed by atoms with E-state index in [0.717, 1.165) is 51.4 Å². The number of cyclic esters (lactones) is 1. The molecule has 0 aromatic carbocycles. The van der Waals surface area contributed by atoms with E-state index >= 15 is 14.4 Å². The Morgan fingerprint density at radius 3 is 1.96 bits per heavy atom. The molecule has 0 radical (unpaired) electrons. The number of hydrogen-bond acceptors (Lipinski definition) is 14. The Morgan fingerprint density at radius 1 is 0.797 bits per heavy atom. The van der Waals surface area contributed by atoms with Gasteiger partial charge >= 0.3 is 45.2 Å². The fourth-order valence-corrected chi connectivity index (χ4v) is 17.6. The molecule has 10 atom stereocenters. The van der Waals surface area contributed by atoms with Gasteiger partial charge in [-0.15, -0.1) is 0 Å². The second-order valence-electron chi connectivity index (χ2n) is 25.7. The maximum atomic E-state index is 15.4. The lowest BCUT2D eigenvalue weighted by Gasteiger charge is -2.59. The molecule has 1 heterocycles. The van der Waals surface area contributed by atoms with Crippen LogP contribution in [0.25, 0.3) is 0 Å². The van der Waals surface area contributed by atoms with Gasteiger partial charge < -0.3 is 28.8 Å². The van der Waals surface area contributed by atoms with Crippen molar-refractivity contribution in [2.75, 3.05) is 20.3 Å². The molecule has 0 amide bonds. The van der Waals surface area contributed by atoms with Crippen LogP contribution < -0.4 is 0 Å². The standard InChI is InChI=1S/C52H76F2O14S/c1-29-34-8-9-35(18-34)39(29)19-36(41(55)67-49(6)37-14-30-12-31(16-37)17-38(49)15-30)24-47(4,44(58)66-40-10-11-64-42(40)56)26-48(5,25-46(2,3)43(57)65-28-52(53,54)69(61,62)63-7)45(59)68-51-22-32-13-33(23-51)21-50(60,20-32)27-51/h29-40,60H,8-28H2,1-7H3. The third-order valence-corrected chi connectivity index (χ3v) is 21.0. The number of esters is 5. The molecule has 10 aliphatic carbocycles. The number of alkyl halides is 2. The van der Waals surface area contributed by atoms with Crippen LogP contribution in [-0.2, 0) is 62.0 Å². The second kappa shape index (κ2) is 17.6. The highest BCUT2D eigenvalue weighted by atomic mass is 32.2. The van der Waals surface area contributed by atoms with Gasteiger partial charge in [0.25, 0.3) is 0 Å². The monoisotopic (exact) mass is 994 g/mol. The van der Waals surface area contributed by atoms with Crippen LogP contribution in [0.4, 0.5) is 8.78 Å². The van der Waals surface area contributed by atoms with E-state index in [-0.39, 0.29) is 61.9 Å². The molecule has 11 aliphatic rings. The highest BCUT2D eigenvalue weighted by Crippen LogP contribution is 2.62. The van der Waals surface area contributed by atoms with Gasteiger partial charge in [-0.2, -0.15) is 17.2 Å². The molecule has 0 spiro atoms. The van der Waals surface area contributed by atoms with E-state index in [4.69, 9.17) is 23.7 Å². The zero-order valence-electron chi connectivity index (χ0n) is 41.7. The molecule has 69 heavy (non-hydrogen) atoms. The number of ether oxygens (including phenoxy) is 5. The van der Waals surface area contributed by atoms with E-state index in [1.807, 2.05) is 0 Å². The molecular formula is C52H76F2O14S. The number of aliphatic hydroxyl groups is 1. The number of halogens is 2. The zero-order valence-corrected chi connectivity index (χ0v) is 42.5. The van der Waals surface area contributed by atoms with E-state index in [0.29, 0.717) is 68.8 Å². The average Bonchev–Trinajstić information content (AvgIpc) is 3.97. The molecular weight excluding hydrogens is 919 g/mol. The molecule has 1 saturated heterocycles. The van der Waals surface area contributed by atoms with E-state index in [9.17, 15) is 31.9 Å². The zero-order chi connectivity index (χ0) is 49.9. The summed E-state index contributed by atoms with van der Waals surface area (Å²) >= 11 is 0. The van der Waals surface area contributed by atoms with Gasteiger partial charge in [-0.3, -0.25) is 23.4 Å². The molecule has 1 N–H and O–H groups in total. The van der Waals surface area contributed by atoms with E-state index in [1.54, 1.807) is 13.8 Å². The van der Waals surface area contributed by atoms with Crippen molar-refractivity contribution in [2.24, 2.45) is 81.3 Å². The predicted molar refractivity (Wildman–Crippen MR) is 243 cm³/mol. The Kier molecular flexibility index (Phi) is 13.0. The van der Waals surface area contributed by atoms with Gasteiger partial charge in [-0.25, -0.2) is 4.79 Å². The maximum Gasteiger partial charge on any atom is 0.403 e. The Labute approximate surface area is 406 Å². The van der Waals surface area contributed by atoms with Gasteiger partial charge in [-0.05, 0) is 203 Å². The highest BCUT2D eigenvalue weighted by Gasteiger charge is 2.63. The van der Waals surface area contributed by atoms with Crippen molar-refractivity contribution in [3.63, 3.8) is 0 Å². The summed E-state index contributed by atoms with van der Waals surface area (Å²) in [5.74, 6) is -1.47. The molecule has 11 fully saturated rings. The first kappa shape index (κ1) is 51.0. The van der Waals surface area contributed by atoms with E-state index in [1.165, 1.54) is 20.3 Å². The minimum atomic E-state index is -5.45. The fraction of sp³-hybridized carbons (Fsp3) is 0.904. The first-order chi connectivity index (χ1) is 32.1. The molecule has 10 unspecified atom stereocenters. The quantitative estimate of drug-likeness (QED) is 0.0738. The van der Waals surface area contributed by atoms with Crippen LogP contribution in [-0.4, -0.2) is 91.9 Å². The van der Waals surface area contributed by atoms with Crippen molar-refractivity contribution in [1.82, 2.24) is 0 Å². The van der Waals surface area contributed by atoms with Crippen LogP contribution in [0.3, 0.4) is 0 Å². The summed E-state index contributed by atoms with van der Waals surface area (Å²) in [6.07, 6.45) is 10.2. The van der Waals surface area contributed by atoms with Crippen molar-refractivity contribution in [1.29, 1.82) is 0 Å². The van der Waals surface area contributed by atoms with Gasteiger partial charge in [-0.1, -0.05) is 6.92 Å². The highest BCUT2D eigenvalue weighted by molar-refractivity contribution is 7.87. The summed E-state index contributed by atoms with van der Waals surface area (Å²) in [5, 5.41) is 7.09. The van der Waals surface area contributed by atoms with Crippen molar-refractivity contribution < 1.29 is 74.1 Å². The summed E-state index contributed by atoms with van der Waals surface area (Å²) in [7, 11) is -4.88. The molecule has 0 aromatic heterocycles. The van der Waals surface area contributed by atoms with Crippen LogP contribution >= 0.6 is 0 Å². The molecule has 14 nitrogen and oxygen atoms in total. The smallest absolute Gasteiger partial charge is 0.403 e. The molecule has 10 bridgehead atoms. The summed E-state index contributed by atoms with van der Waals surface area (Å²) in [5.41, 5.74) is -8.08. The second-order valence-corrected chi connectivity index (χ2v) is 27.5. The normalized spacial score (nSPS) is 40.7. The first-order valence-corrected chi connectivity index (χ1v) is 27.4. The number of hydrogen-bond donors (Lipinski definition) is 1. The number of carbonyl (C=O) groups is 5. The first-order valence-electron chi connectivity index (χ1n) is 26.0. The van der Waals surface area contributed by atoms with Crippen LogP contribution in [0.5, 0.6) is 0 Å². The lowest BCUT2D eigenvalue weighted by Crippen LogP contribution is -2.61. The van der Waals surface area contributed by atoms with Crippen LogP contribution in [0.2, 0.25) is 0 Å². The Bertz CT molecular complexity index is 2130. The minimum Gasteiger partial charge on any atom is -0.463 e. The largest absolute Gasteiger partial charge is 0.463 e.